The molecule has 0 aromatic heterocycles. The van der Waals surface area contributed by atoms with Gasteiger partial charge in [0.05, 0.1) is 6.61 Å². The van der Waals surface area contributed by atoms with Gasteiger partial charge in [-0.1, -0.05) is 146 Å². The Labute approximate surface area is 504 Å². The quantitative estimate of drug-likeness (QED) is 0.0330. The number of hydrogen-bond acceptors (Lipinski definition) is 11. The molecular formula is C68H106N4O12. The molecule has 16 heteroatoms. The van der Waals surface area contributed by atoms with Crippen LogP contribution in [0.15, 0.2) is 97.1 Å². The lowest BCUT2D eigenvalue weighted by Crippen LogP contribution is -2.44. The molecule has 0 bridgehead atoms. The van der Waals surface area contributed by atoms with Gasteiger partial charge >= 0.3 is 30.3 Å². The molecule has 4 aromatic rings. The van der Waals surface area contributed by atoms with Gasteiger partial charge in [0.15, 0.2) is 0 Å². The number of amides is 4. The first-order valence-electron chi connectivity index (χ1n) is 29.3. The van der Waals surface area contributed by atoms with Crippen LogP contribution in [-0.2, 0) is 78.0 Å². The number of carboxylic acids is 1. The lowest BCUT2D eigenvalue weighted by Gasteiger charge is -2.22. The van der Waals surface area contributed by atoms with E-state index in [1.807, 2.05) is 132 Å². The fourth-order valence-electron chi connectivity index (χ4n) is 7.82. The van der Waals surface area contributed by atoms with E-state index in [4.69, 9.17) is 24.2 Å². The number of aryl methyl sites for hydroxylation is 1. The van der Waals surface area contributed by atoms with Crippen molar-refractivity contribution in [2.45, 2.75) is 248 Å². The molecule has 0 aliphatic carbocycles. The number of alkyl carbamates (subject to hydrolysis) is 4. The number of carboxylic acid groups (broad SMARTS) is 1. The minimum atomic E-state index is -1.09. The summed E-state index contributed by atoms with van der Waals surface area (Å²) in [6.45, 7) is 43.2. The van der Waals surface area contributed by atoms with Gasteiger partial charge < -0.3 is 45.3 Å². The Bertz CT molecular complexity index is 2580. The van der Waals surface area contributed by atoms with Gasteiger partial charge in [-0.25, -0.2) is 28.9 Å². The highest BCUT2D eigenvalue weighted by Crippen LogP contribution is 2.24. The topological polar surface area (TPSA) is 220 Å². The molecule has 4 rings (SSSR count). The first-order valence-corrected chi connectivity index (χ1v) is 29.3. The zero-order valence-corrected chi connectivity index (χ0v) is 55.0. The van der Waals surface area contributed by atoms with Gasteiger partial charge in [0.25, 0.3) is 0 Å². The Morgan fingerprint density at radius 2 is 0.643 bits per heavy atom. The lowest BCUT2D eigenvalue weighted by molar-refractivity contribution is -0.241. The van der Waals surface area contributed by atoms with Crippen molar-refractivity contribution in [1.29, 1.82) is 0 Å². The Kier molecular flexibility index (Phi) is 30.8. The van der Waals surface area contributed by atoms with Crippen LogP contribution in [0, 0.1) is 0 Å². The predicted octanol–water partition coefficient (Wildman–Crippen LogP) is 14.8. The second-order valence-corrected chi connectivity index (χ2v) is 27.5. The van der Waals surface area contributed by atoms with Crippen molar-refractivity contribution < 1.29 is 58.2 Å². The first-order chi connectivity index (χ1) is 38.4. The summed E-state index contributed by atoms with van der Waals surface area (Å²) in [5.41, 5.74) is 7.48. The van der Waals surface area contributed by atoms with E-state index < -0.39 is 46.6 Å². The maximum atomic E-state index is 11.8. The summed E-state index contributed by atoms with van der Waals surface area (Å²) in [6.07, 6.45) is 2.42. The van der Waals surface area contributed by atoms with Gasteiger partial charge in [0.1, 0.15) is 28.4 Å². The molecular weight excluding hydrogens is 1060 g/mol. The van der Waals surface area contributed by atoms with Crippen molar-refractivity contribution in [3.05, 3.63) is 142 Å². The molecule has 4 aromatic carbocycles. The number of benzene rings is 4. The minimum absolute atomic E-state index is 0.00789. The molecule has 0 spiro atoms. The Morgan fingerprint density at radius 1 is 0.393 bits per heavy atom. The summed E-state index contributed by atoms with van der Waals surface area (Å²) >= 11 is 0. The monoisotopic (exact) mass is 1170 g/mol. The summed E-state index contributed by atoms with van der Waals surface area (Å²) in [6, 6.07) is 31.9. The Hall–Kier alpha value is -6.65. The number of rotatable bonds is 17. The van der Waals surface area contributed by atoms with E-state index in [-0.39, 0.29) is 54.2 Å². The lowest BCUT2D eigenvalue weighted by atomic mass is 9.86. The number of carbonyl (C=O) groups is 5. The van der Waals surface area contributed by atoms with Crippen LogP contribution in [0.1, 0.15) is 197 Å². The number of aliphatic carboxylic acids is 1. The van der Waals surface area contributed by atoms with E-state index in [9.17, 15) is 29.1 Å². The maximum Gasteiger partial charge on any atom is 0.408 e. The number of carbonyl (C=O) groups excluding carboxylic acids is 4. The molecule has 0 aliphatic rings. The van der Waals surface area contributed by atoms with Gasteiger partial charge in [-0.05, 0) is 191 Å². The smallest absolute Gasteiger partial charge is 0.408 e. The second kappa shape index (κ2) is 34.3. The van der Waals surface area contributed by atoms with E-state index in [1.165, 1.54) is 27.8 Å². The summed E-state index contributed by atoms with van der Waals surface area (Å²) in [5.74, 6) is -1.09. The molecule has 16 nitrogen and oxygen atoms in total. The molecule has 0 saturated heterocycles. The Morgan fingerprint density at radius 3 is 0.893 bits per heavy atom. The molecule has 0 radical (unpaired) electrons. The van der Waals surface area contributed by atoms with E-state index in [1.54, 1.807) is 20.8 Å². The molecule has 6 N–H and O–H groups in total. The molecule has 0 saturated carbocycles. The highest BCUT2D eigenvalue weighted by Gasteiger charge is 2.26. The first kappa shape index (κ1) is 75.4. The van der Waals surface area contributed by atoms with Crippen LogP contribution < -0.4 is 21.3 Å². The third-order valence-corrected chi connectivity index (χ3v) is 11.9. The Balaban J connectivity index is 0.000000561. The predicted molar refractivity (Wildman–Crippen MR) is 337 cm³/mol. The SMILES string of the molecule is CC(C)(C)OC(=O)N[C@@H](Cc1ccc(C(C)(C)C)cc1)C(=O)O.CCc1ccc(C[C@@H](C)NC(=O)OC(C)(C)C)cc1.C[C@H](Cc1ccc(C(C)(C)C)cc1)NC(=O)OC(C)(C)C.C[C@H](Cc1ccc(CCOO)cc1)NC(=O)OC(C)(C)C. The summed E-state index contributed by atoms with van der Waals surface area (Å²) in [4.78, 5) is 62.2. The standard InChI is InChI=1S/C18H27NO4.C18H29NO2.C16H25NO4.C16H25NO2/c1-17(2,3)13-9-7-12(8-10-13)11-14(15(20)21)19-16(22)23-18(4,5)6;1-13(19-16(20)21-18(5,6)7)12-14-8-10-15(11-9-14)17(2,3)4;1-12(17-15(18)21-16(2,3)4)11-14-7-5-13(6-8-14)9-10-20-19;1-6-13-7-9-14(10-8-13)11-12(2)17-15(18)19-16(3,4)5/h7-10,14H,11H2,1-6H3,(H,19,22)(H,20,21);8-11,13H,12H2,1-7H3,(H,19,20);5-8,12,19H,9-11H2,1-4H3,(H,17,18);7-10,12H,6,11H2,1-5H3,(H,17,18)/t14-;13-;2*12-/m0111/s1. The van der Waals surface area contributed by atoms with Gasteiger partial charge in [0, 0.05) is 24.5 Å². The van der Waals surface area contributed by atoms with Crippen molar-refractivity contribution in [2.75, 3.05) is 6.61 Å². The van der Waals surface area contributed by atoms with E-state index >= 15 is 0 Å². The fourth-order valence-corrected chi connectivity index (χ4v) is 7.82. The number of hydrogen-bond donors (Lipinski definition) is 6. The second-order valence-electron chi connectivity index (χ2n) is 27.5. The summed E-state index contributed by atoms with van der Waals surface area (Å²) < 4.78 is 20.8. The van der Waals surface area contributed by atoms with Gasteiger partial charge in [-0.3, -0.25) is 5.26 Å². The van der Waals surface area contributed by atoms with Gasteiger partial charge in [-0.15, -0.1) is 0 Å². The van der Waals surface area contributed by atoms with Crippen LogP contribution in [0.3, 0.4) is 0 Å². The van der Waals surface area contributed by atoms with Crippen LogP contribution in [-0.4, -0.2) is 93.9 Å². The van der Waals surface area contributed by atoms with Crippen LogP contribution in [0.4, 0.5) is 19.2 Å². The summed E-state index contributed by atoms with van der Waals surface area (Å²) in [7, 11) is 0. The van der Waals surface area contributed by atoms with Crippen LogP contribution in [0.2, 0.25) is 0 Å². The number of ether oxygens (including phenoxy) is 4. The molecule has 0 unspecified atom stereocenters. The molecule has 84 heavy (non-hydrogen) atoms. The largest absolute Gasteiger partial charge is 0.480 e. The maximum absolute atomic E-state index is 11.8. The molecule has 470 valence electrons. The zero-order valence-electron chi connectivity index (χ0n) is 55.0. The van der Waals surface area contributed by atoms with E-state index in [2.05, 4.69) is 123 Å². The molecule has 0 aliphatic heterocycles. The van der Waals surface area contributed by atoms with Crippen LogP contribution in [0.5, 0.6) is 0 Å². The van der Waals surface area contributed by atoms with Gasteiger partial charge in [0.2, 0.25) is 0 Å². The highest BCUT2D eigenvalue weighted by molar-refractivity contribution is 5.80. The molecule has 4 atom stereocenters. The van der Waals surface area contributed by atoms with Crippen LogP contribution >= 0.6 is 0 Å². The average Bonchev–Trinajstić information content (AvgIpc) is 3.52. The van der Waals surface area contributed by atoms with Crippen molar-refractivity contribution >= 4 is 30.3 Å². The molecule has 0 fully saturated rings. The van der Waals surface area contributed by atoms with Crippen molar-refractivity contribution in [2.24, 2.45) is 0 Å². The fraction of sp³-hybridized carbons (Fsp3) is 0.574. The van der Waals surface area contributed by atoms with E-state index in [0.717, 1.165) is 42.4 Å². The average molecular weight is 1170 g/mol. The van der Waals surface area contributed by atoms with Crippen molar-refractivity contribution in [3.63, 3.8) is 0 Å². The van der Waals surface area contributed by atoms with Crippen LogP contribution in [0.25, 0.3) is 0 Å². The number of nitrogens with one attached hydrogen (secondary N) is 4. The van der Waals surface area contributed by atoms with Gasteiger partial charge in [-0.2, -0.15) is 0 Å². The van der Waals surface area contributed by atoms with Crippen molar-refractivity contribution in [1.82, 2.24) is 21.3 Å². The van der Waals surface area contributed by atoms with E-state index in [0.29, 0.717) is 6.42 Å². The highest BCUT2D eigenvalue weighted by atomic mass is 17.1. The zero-order chi connectivity index (χ0) is 64.4. The molecule has 4 amide bonds. The minimum Gasteiger partial charge on any atom is -0.480 e. The van der Waals surface area contributed by atoms with Crippen molar-refractivity contribution in [3.8, 4) is 0 Å². The third-order valence-electron chi connectivity index (χ3n) is 11.9. The molecule has 0 heterocycles. The summed E-state index contributed by atoms with van der Waals surface area (Å²) in [5, 5.41) is 28.6. The normalized spacial score (nSPS) is 13.2. The third kappa shape index (κ3) is 36.1.